The molecule has 1 aromatic carbocycles. The number of carbonyl (C=O) groups is 2. The van der Waals surface area contributed by atoms with Crippen LogP contribution in [0.15, 0.2) is 54.9 Å². The number of aromatic nitrogens is 1. The number of Topliss-reactive ketones (excluding diaryl/α,β-unsaturated/α-hetero) is 1. The van der Waals surface area contributed by atoms with Gasteiger partial charge in [-0.1, -0.05) is 30.3 Å². The van der Waals surface area contributed by atoms with E-state index in [1.807, 2.05) is 37.3 Å². The first-order valence-corrected chi connectivity index (χ1v) is 7.45. The van der Waals surface area contributed by atoms with E-state index < -0.39 is 0 Å². The van der Waals surface area contributed by atoms with Gasteiger partial charge in [-0.2, -0.15) is 0 Å². The third kappa shape index (κ3) is 2.77. The Morgan fingerprint density at radius 1 is 1.23 bits per heavy atom. The predicted molar refractivity (Wildman–Crippen MR) is 83.2 cm³/mol. The van der Waals surface area contributed by atoms with Gasteiger partial charge >= 0.3 is 0 Å². The van der Waals surface area contributed by atoms with Crippen LogP contribution in [0.5, 0.6) is 0 Å². The second-order valence-electron chi connectivity index (χ2n) is 5.64. The molecule has 2 aromatic rings. The van der Waals surface area contributed by atoms with Crippen molar-refractivity contribution in [3.8, 4) is 0 Å². The van der Waals surface area contributed by atoms with E-state index in [-0.39, 0.29) is 30.1 Å². The van der Waals surface area contributed by atoms with Gasteiger partial charge in [-0.3, -0.25) is 14.6 Å². The molecule has 22 heavy (non-hydrogen) atoms. The fourth-order valence-corrected chi connectivity index (χ4v) is 2.94. The van der Waals surface area contributed by atoms with Crippen LogP contribution in [-0.2, 0) is 4.79 Å². The lowest BCUT2D eigenvalue weighted by Crippen LogP contribution is -2.29. The average molecular weight is 294 g/mol. The summed E-state index contributed by atoms with van der Waals surface area (Å²) in [5.74, 6) is -0.231. The van der Waals surface area contributed by atoms with Crippen molar-refractivity contribution < 1.29 is 9.59 Å². The molecule has 0 spiro atoms. The molecule has 4 heteroatoms. The van der Waals surface area contributed by atoms with Gasteiger partial charge in [0.25, 0.3) is 0 Å². The number of benzene rings is 1. The van der Waals surface area contributed by atoms with Crippen molar-refractivity contribution in [1.29, 1.82) is 0 Å². The molecule has 1 aliphatic rings. The lowest BCUT2D eigenvalue weighted by atomic mass is 9.98. The Labute approximate surface area is 129 Å². The van der Waals surface area contributed by atoms with Gasteiger partial charge in [-0.05, 0) is 24.6 Å². The van der Waals surface area contributed by atoms with Crippen molar-refractivity contribution in [2.24, 2.45) is 5.92 Å². The molecule has 1 fully saturated rings. The molecule has 0 saturated carbocycles. The number of hydrogen-bond acceptors (Lipinski definition) is 3. The van der Waals surface area contributed by atoms with E-state index in [1.54, 1.807) is 29.4 Å². The third-order valence-corrected chi connectivity index (χ3v) is 4.22. The van der Waals surface area contributed by atoms with Crippen molar-refractivity contribution in [2.75, 3.05) is 6.54 Å². The first-order chi connectivity index (χ1) is 10.7. The summed E-state index contributed by atoms with van der Waals surface area (Å²) in [4.78, 5) is 30.5. The number of amides is 1. The van der Waals surface area contributed by atoms with Gasteiger partial charge in [0.05, 0.1) is 6.04 Å². The van der Waals surface area contributed by atoms with Crippen LogP contribution >= 0.6 is 0 Å². The molecular formula is C18H18N2O2. The van der Waals surface area contributed by atoms with Crippen LogP contribution in [0, 0.1) is 5.92 Å². The zero-order chi connectivity index (χ0) is 15.5. The van der Waals surface area contributed by atoms with E-state index in [9.17, 15) is 9.59 Å². The van der Waals surface area contributed by atoms with Crippen molar-refractivity contribution in [1.82, 2.24) is 9.88 Å². The summed E-state index contributed by atoms with van der Waals surface area (Å²) in [6, 6.07) is 13.4. The fraction of sp³-hybridized carbons (Fsp3) is 0.278. The van der Waals surface area contributed by atoms with Crippen LogP contribution in [0.1, 0.15) is 35.3 Å². The highest BCUT2D eigenvalue weighted by Gasteiger charge is 2.37. The highest BCUT2D eigenvalue weighted by molar-refractivity contribution is 6.01. The highest BCUT2D eigenvalue weighted by Crippen LogP contribution is 2.29. The van der Waals surface area contributed by atoms with Gasteiger partial charge < -0.3 is 4.90 Å². The SMILES string of the molecule is C[C@H](c1ccccc1)N1CC(C(=O)c2cccnc2)CC1=O. The molecule has 1 aliphatic heterocycles. The molecule has 1 aromatic heterocycles. The zero-order valence-corrected chi connectivity index (χ0v) is 12.5. The van der Waals surface area contributed by atoms with Gasteiger partial charge in [0.1, 0.15) is 0 Å². The summed E-state index contributed by atoms with van der Waals surface area (Å²) < 4.78 is 0. The van der Waals surface area contributed by atoms with E-state index in [2.05, 4.69) is 4.98 Å². The maximum atomic E-state index is 12.5. The quantitative estimate of drug-likeness (QED) is 0.815. The first-order valence-electron chi connectivity index (χ1n) is 7.45. The number of carbonyl (C=O) groups excluding carboxylic acids is 2. The minimum Gasteiger partial charge on any atom is -0.335 e. The Kier molecular flexibility index (Phi) is 4.00. The molecule has 2 atom stereocenters. The molecular weight excluding hydrogens is 276 g/mol. The molecule has 1 amide bonds. The largest absolute Gasteiger partial charge is 0.335 e. The Hall–Kier alpha value is -2.49. The molecule has 112 valence electrons. The summed E-state index contributed by atoms with van der Waals surface area (Å²) in [5.41, 5.74) is 1.67. The molecule has 0 radical (unpaired) electrons. The number of nitrogens with zero attached hydrogens (tertiary/aromatic N) is 2. The Morgan fingerprint density at radius 3 is 2.68 bits per heavy atom. The topological polar surface area (TPSA) is 50.3 Å². The van der Waals surface area contributed by atoms with Crippen LogP contribution < -0.4 is 0 Å². The monoisotopic (exact) mass is 294 g/mol. The number of ketones is 1. The van der Waals surface area contributed by atoms with E-state index in [4.69, 9.17) is 0 Å². The van der Waals surface area contributed by atoms with Crippen LogP contribution in [0.25, 0.3) is 0 Å². The van der Waals surface area contributed by atoms with Gasteiger partial charge in [-0.25, -0.2) is 0 Å². The maximum Gasteiger partial charge on any atom is 0.223 e. The second kappa shape index (κ2) is 6.10. The molecule has 4 nitrogen and oxygen atoms in total. The van der Waals surface area contributed by atoms with E-state index in [0.29, 0.717) is 12.1 Å². The highest BCUT2D eigenvalue weighted by atomic mass is 16.2. The Bertz CT molecular complexity index is 670. The van der Waals surface area contributed by atoms with Crippen molar-refractivity contribution in [3.63, 3.8) is 0 Å². The number of pyridine rings is 1. The van der Waals surface area contributed by atoms with Crippen LogP contribution in [0.3, 0.4) is 0 Å². The van der Waals surface area contributed by atoms with Crippen LogP contribution in [0.2, 0.25) is 0 Å². The molecule has 0 bridgehead atoms. The van der Waals surface area contributed by atoms with Gasteiger partial charge in [0, 0.05) is 36.8 Å². The molecule has 0 aliphatic carbocycles. The van der Waals surface area contributed by atoms with Crippen molar-refractivity contribution >= 4 is 11.7 Å². The van der Waals surface area contributed by atoms with Crippen molar-refractivity contribution in [2.45, 2.75) is 19.4 Å². The Balaban J connectivity index is 1.75. The fourth-order valence-electron chi connectivity index (χ4n) is 2.94. The standard InChI is InChI=1S/C18H18N2O2/c1-13(14-6-3-2-4-7-14)20-12-16(10-17(20)21)18(22)15-8-5-9-19-11-15/h2-9,11,13,16H,10,12H2,1H3/t13-,16?/m1/s1. The predicted octanol–water partition coefficient (Wildman–Crippen LogP) is 2.87. The summed E-state index contributed by atoms with van der Waals surface area (Å²) in [6.45, 7) is 2.48. The molecule has 3 rings (SSSR count). The second-order valence-corrected chi connectivity index (χ2v) is 5.64. The lowest BCUT2D eigenvalue weighted by Gasteiger charge is -2.25. The summed E-state index contributed by atoms with van der Waals surface area (Å²) >= 11 is 0. The van der Waals surface area contributed by atoms with Gasteiger partial charge in [-0.15, -0.1) is 0 Å². The normalized spacial score (nSPS) is 19.2. The molecule has 1 unspecified atom stereocenters. The van der Waals surface area contributed by atoms with E-state index in [1.165, 1.54) is 0 Å². The molecule has 2 heterocycles. The van der Waals surface area contributed by atoms with Gasteiger partial charge in [0.2, 0.25) is 5.91 Å². The molecule has 0 N–H and O–H groups in total. The Morgan fingerprint density at radius 2 is 2.00 bits per heavy atom. The van der Waals surface area contributed by atoms with E-state index >= 15 is 0 Å². The van der Waals surface area contributed by atoms with Crippen LogP contribution in [0.4, 0.5) is 0 Å². The maximum absolute atomic E-state index is 12.5. The average Bonchev–Trinajstić information content (AvgIpc) is 2.97. The van der Waals surface area contributed by atoms with Gasteiger partial charge in [0.15, 0.2) is 5.78 Å². The summed E-state index contributed by atoms with van der Waals surface area (Å²) in [6.07, 6.45) is 3.49. The minimum atomic E-state index is -0.275. The van der Waals surface area contributed by atoms with E-state index in [0.717, 1.165) is 5.56 Å². The molecule has 1 saturated heterocycles. The third-order valence-electron chi connectivity index (χ3n) is 4.22. The summed E-state index contributed by atoms with van der Waals surface area (Å²) in [7, 11) is 0. The van der Waals surface area contributed by atoms with Crippen LogP contribution in [-0.4, -0.2) is 28.1 Å². The van der Waals surface area contributed by atoms with Crippen molar-refractivity contribution in [3.05, 3.63) is 66.0 Å². The first kappa shape index (κ1) is 14.4. The summed E-state index contributed by atoms with van der Waals surface area (Å²) in [5, 5.41) is 0. The zero-order valence-electron chi connectivity index (χ0n) is 12.5. The minimum absolute atomic E-state index is 0.00390. The lowest BCUT2D eigenvalue weighted by molar-refractivity contribution is -0.129. The smallest absolute Gasteiger partial charge is 0.223 e. The number of rotatable bonds is 4. The number of hydrogen-bond donors (Lipinski definition) is 0. The number of likely N-dealkylation sites (tertiary alicyclic amines) is 1.